The summed E-state index contributed by atoms with van der Waals surface area (Å²) in [5.74, 6) is -1.23. The molecule has 6 nitrogen and oxygen atoms in total. The van der Waals surface area contributed by atoms with Crippen LogP contribution in [0.3, 0.4) is 0 Å². The zero-order chi connectivity index (χ0) is 19.0. The zero-order valence-corrected chi connectivity index (χ0v) is 14.7. The molecule has 1 aliphatic heterocycles. The van der Waals surface area contributed by atoms with Gasteiger partial charge in [-0.25, -0.2) is 4.90 Å². The van der Waals surface area contributed by atoms with Gasteiger partial charge in [-0.3, -0.25) is 19.7 Å². The molecule has 2 amide bonds. The van der Waals surface area contributed by atoms with Crippen LogP contribution in [0.25, 0.3) is 0 Å². The summed E-state index contributed by atoms with van der Waals surface area (Å²) in [6.45, 7) is 0. The SMILES string of the molecule is O=C1c2cccc([N+](=O)[O-])c2C(=O)N1c1ccccc1Sc1ccccc1. The predicted molar refractivity (Wildman–Crippen MR) is 101 cm³/mol. The van der Waals surface area contributed by atoms with Crippen LogP contribution in [0.2, 0.25) is 0 Å². The van der Waals surface area contributed by atoms with Gasteiger partial charge in [0, 0.05) is 15.9 Å². The fourth-order valence-corrected chi connectivity index (χ4v) is 3.94. The summed E-state index contributed by atoms with van der Waals surface area (Å²) in [5.41, 5.74) is -0.0610. The molecule has 1 heterocycles. The smallest absolute Gasteiger partial charge is 0.268 e. The van der Waals surface area contributed by atoms with Gasteiger partial charge < -0.3 is 0 Å². The van der Waals surface area contributed by atoms with Crippen LogP contribution in [0, 0.1) is 10.1 Å². The maximum atomic E-state index is 12.9. The molecule has 0 bridgehead atoms. The minimum atomic E-state index is -0.677. The van der Waals surface area contributed by atoms with E-state index in [1.807, 2.05) is 42.5 Å². The molecule has 0 atom stereocenters. The van der Waals surface area contributed by atoms with E-state index in [1.54, 1.807) is 12.1 Å². The number of anilines is 1. The van der Waals surface area contributed by atoms with Crippen molar-refractivity contribution >= 4 is 35.0 Å². The number of amides is 2. The topological polar surface area (TPSA) is 80.5 Å². The second kappa shape index (κ2) is 6.69. The van der Waals surface area contributed by atoms with Crippen molar-refractivity contribution in [2.24, 2.45) is 0 Å². The fraction of sp³-hybridized carbons (Fsp3) is 0. The normalized spacial score (nSPS) is 13.0. The van der Waals surface area contributed by atoms with Crippen molar-refractivity contribution < 1.29 is 14.5 Å². The van der Waals surface area contributed by atoms with Gasteiger partial charge in [0.15, 0.2) is 0 Å². The Labute approximate surface area is 158 Å². The number of fused-ring (bicyclic) bond motifs is 1. The number of carbonyl (C=O) groups is 2. The summed E-state index contributed by atoms with van der Waals surface area (Å²) in [7, 11) is 0. The molecule has 0 spiro atoms. The Hall–Kier alpha value is -3.45. The van der Waals surface area contributed by atoms with E-state index in [9.17, 15) is 19.7 Å². The number of hydrogen-bond donors (Lipinski definition) is 0. The highest BCUT2D eigenvalue weighted by Gasteiger charge is 2.42. The van der Waals surface area contributed by atoms with E-state index >= 15 is 0 Å². The number of benzene rings is 3. The Morgan fingerprint density at radius 1 is 0.815 bits per heavy atom. The monoisotopic (exact) mass is 376 g/mol. The minimum Gasteiger partial charge on any atom is -0.268 e. The van der Waals surface area contributed by atoms with Crippen LogP contribution in [-0.2, 0) is 0 Å². The number of nitrogens with zero attached hydrogens (tertiary/aromatic N) is 2. The molecule has 0 aromatic heterocycles. The quantitative estimate of drug-likeness (QED) is 0.379. The first kappa shape index (κ1) is 17.0. The molecule has 1 aliphatic rings. The van der Waals surface area contributed by atoms with Crippen LogP contribution < -0.4 is 4.90 Å². The molecule has 0 fully saturated rings. The molecule has 0 unspecified atom stereocenters. The highest BCUT2D eigenvalue weighted by atomic mass is 32.2. The van der Waals surface area contributed by atoms with Crippen LogP contribution >= 0.6 is 11.8 Å². The lowest BCUT2D eigenvalue weighted by molar-refractivity contribution is -0.385. The Kier molecular flexibility index (Phi) is 4.21. The van der Waals surface area contributed by atoms with Gasteiger partial charge >= 0.3 is 0 Å². The average Bonchev–Trinajstić information content (AvgIpc) is 2.94. The van der Waals surface area contributed by atoms with E-state index in [2.05, 4.69) is 0 Å². The first-order valence-electron chi connectivity index (χ1n) is 8.06. The average molecular weight is 376 g/mol. The van der Waals surface area contributed by atoms with E-state index in [4.69, 9.17) is 0 Å². The summed E-state index contributed by atoms with van der Waals surface area (Å²) in [6.07, 6.45) is 0. The zero-order valence-electron chi connectivity index (χ0n) is 13.9. The summed E-state index contributed by atoms with van der Waals surface area (Å²) in [5, 5.41) is 11.3. The third-order valence-electron chi connectivity index (χ3n) is 4.17. The number of nitro groups is 1. The predicted octanol–water partition coefficient (Wildman–Crippen LogP) is 4.55. The number of imide groups is 1. The molecule has 3 aromatic rings. The standard InChI is InChI=1S/C20H12N2O4S/c23-19-14-9-6-11-16(22(25)26)18(14)20(24)21(19)15-10-4-5-12-17(15)27-13-7-2-1-3-8-13/h1-12H. The Bertz CT molecular complexity index is 1080. The van der Waals surface area contributed by atoms with E-state index in [0.29, 0.717) is 10.6 Å². The van der Waals surface area contributed by atoms with Gasteiger partial charge in [-0.15, -0.1) is 0 Å². The first-order chi connectivity index (χ1) is 13.1. The summed E-state index contributed by atoms with van der Waals surface area (Å²) >= 11 is 1.41. The maximum Gasteiger partial charge on any atom is 0.283 e. The molecule has 132 valence electrons. The van der Waals surface area contributed by atoms with Crippen LogP contribution in [0.5, 0.6) is 0 Å². The molecular formula is C20H12N2O4S. The van der Waals surface area contributed by atoms with Gasteiger partial charge in [0.05, 0.1) is 16.2 Å². The van der Waals surface area contributed by atoms with Gasteiger partial charge in [0.1, 0.15) is 5.56 Å². The molecule has 7 heteroatoms. The summed E-state index contributed by atoms with van der Waals surface area (Å²) in [4.78, 5) is 39.1. The lowest BCUT2D eigenvalue weighted by Gasteiger charge is -2.17. The van der Waals surface area contributed by atoms with E-state index < -0.39 is 16.7 Å². The highest BCUT2D eigenvalue weighted by Crippen LogP contribution is 2.40. The van der Waals surface area contributed by atoms with Gasteiger partial charge in [-0.2, -0.15) is 0 Å². The van der Waals surface area contributed by atoms with E-state index in [1.165, 1.54) is 30.0 Å². The molecule has 27 heavy (non-hydrogen) atoms. The second-order valence-corrected chi connectivity index (χ2v) is 6.90. The highest BCUT2D eigenvalue weighted by molar-refractivity contribution is 7.99. The number of nitro benzene ring substituents is 1. The van der Waals surface area contributed by atoms with Crippen molar-refractivity contribution in [3.05, 3.63) is 94.0 Å². The van der Waals surface area contributed by atoms with Crippen molar-refractivity contribution in [1.82, 2.24) is 0 Å². The Balaban J connectivity index is 1.80. The molecule has 0 saturated heterocycles. The molecular weight excluding hydrogens is 364 g/mol. The van der Waals surface area contributed by atoms with Gasteiger partial charge in [-0.05, 0) is 30.3 Å². The number of hydrogen-bond acceptors (Lipinski definition) is 5. The van der Waals surface area contributed by atoms with Gasteiger partial charge in [0.2, 0.25) is 0 Å². The third kappa shape index (κ3) is 2.88. The summed E-state index contributed by atoms with van der Waals surface area (Å²) in [6, 6.07) is 20.7. The Morgan fingerprint density at radius 2 is 1.52 bits per heavy atom. The van der Waals surface area contributed by atoms with Crippen LogP contribution in [0.4, 0.5) is 11.4 Å². The summed E-state index contributed by atoms with van der Waals surface area (Å²) < 4.78 is 0. The van der Waals surface area contributed by atoms with Crippen molar-refractivity contribution in [2.45, 2.75) is 9.79 Å². The Morgan fingerprint density at radius 3 is 2.26 bits per heavy atom. The fourth-order valence-electron chi connectivity index (χ4n) is 2.98. The largest absolute Gasteiger partial charge is 0.283 e. The van der Waals surface area contributed by atoms with Crippen LogP contribution in [0.15, 0.2) is 82.6 Å². The number of carbonyl (C=O) groups excluding carboxylic acids is 2. The van der Waals surface area contributed by atoms with Crippen molar-refractivity contribution in [3.8, 4) is 0 Å². The van der Waals surface area contributed by atoms with Gasteiger partial charge in [-0.1, -0.05) is 48.2 Å². The molecule has 0 radical (unpaired) electrons. The molecule has 4 rings (SSSR count). The van der Waals surface area contributed by atoms with Crippen LogP contribution in [0.1, 0.15) is 20.7 Å². The lowest BCUT2D eigenvalue weighted by atomic mass is 10.1. The van der Waals surface area contributed by atoms with E-state index in [-0.39, 0.29) is 16.8 Å². The molecule has 0 aliphatic carbocycles. The third-order valence-corrected chi connectivity index (χ3v) is 5.24. The minimum absolute atomic E-state index is 0.0497. The molecule has 0 saturated carbocycles. The maximum absolute atomic E-state index is 12.9. The van der Waals surface area contributed by atoms with E-state index in [0.717, 1.165) is 9.80 Å². The number of para-hydroxylation sites is 1. The van der Waals surface area contributed by atoms with Gasteiger partial charge in [0.25, 0.3) is 17.5 Å². The van der Waals surface area contributed by atoms with Crippen molar-refractivity contribution in [3.63, 3.8) is 0 Å². The lowest BCUT2D eigenvalue weighted by Crippen LogP contribution is -2.29. The molecule has 3 aromatic carbocycles. The number of rotatable bonds is 4. The molecule has 0 N–H and O–H groups in total. The van der Waals surface area contributed by atoms with Crippen molar-refractivity contribution in [2.75, 3.05) is 4.90 Å². The second-order valence-electron chi connectivity index (χ2n) is 5.79. The van der Waals surface area contributed by atoms with Crippen LogP contribution in [-0.4, -0.2) is 16.7 Å². The van der Waals surface area contributed by atoms with Crippen molar-refractivity contribution in [1.29, 1.82) is 0 Å². The first-order valence-corrected chi connectivity index (χ1v) is 8.87.